The highest BCUT2D eigenvalue weighted by Gasteiger charge is 2.24. The molecular formula is C16H25NO. The largest absolute Gasteiger partial charge is 0.387 e. The summed E-state index contributed by atoms with van der Waals surface area (Å²) in [6, 6.07) is 10.1. The van der Waals surface area contributed by atoms with Crippen LogP contribution in [0.5, 0.6) is 0 Å². The van der Waals surface area contributed by atoms with Crippen LogP contribution < -0.4 is 0 Å². The van der Waals surface area contributed by atoms with Crippen LogP contribution in [0.3, 0.4) is 0 Å². The second-order valence-corrected chi connectivity index (χ2v) is 5.69. The first kappa shape index (κ1) is 13.6. The Morgan fingerprint density at radius 1 is 1.22 bits per heavy atom. The number of likely N-dealkylation sites (N-methyl/N-ethyl adjacent to an activating group) is 1. The van der Waals surface area contributed by atoms with Gasteiger partial charge in [0.1, 0.15) is 0 Å². The van der Waals surface area contributed by atoms with E-state index in [1.54, 1.807) is 0 Å². The van der Waals surface area contributed by atoms with Crippen LogP contribution in [0.4, 0.5) is 0 Å². The number of hydrogen-bond donors (Lipinski definition) is 1. The van der Waals surface area contributed by atoms with E-state index in [1.165, 1.54) is 25.7 Å². The van der Waals surface area contributed by atoms with Crippen LogP contribution in [0.2, 0.25) is 0 Å². The monoisotopic (exact) mass is 247 g/mol. The SMILES string of the molecule is CC(C(O)c1ccccc1)N(C)CC1CCCC1. The molecule has 0 saturated heterocycles. The van der Waals surface area contributed by atoms with Crippen molar-refractivity contribution < 1.29 is 5.11 Å². The fourth-order valence-electron chi connectivity index (χ4n) is 2.94. The van der Waals surface area contributed by atoms with E-state index in [1.807, 2.05) is 30.3 Å². The Balaban J connectivity index is 1.91. The lowest BCUT2D eigenvalue weighted by Crippen LogP contribution is -2.37. The van der Waals surface area contributed by atoms with E-state index in [2.05, 4.69) is 18.9 Å². The van der Waals surface area contributed by atoms with Gasteiger partial charge in [-0.05, 0) is 38.3 Å². The van der Waals surface area contributed by atoms with Crippen molar-refractivity contribution in [2.45, 2.75) is 44.8 Å². The first-order valence-corrected chi connectivity index (χ1v) is 7.11. The van der Waals surface area contributed by atoms with E-state index < -0.39 is 6.10 Å². The molecule has 1 aliphatic rings. The lowest BCUT2D eigenvalue weighted by molar-refractivity contribution is 0.0646. The highest BCUT2D eigenvalue weighted by atomic mass is 16.3. The topological polar surface area (TPSA) is 23.5 Å². The third-order valence-corrected chi connectivity index (χ3v) is 4.31. The van der Waals surface area contributed by atoms with E-state index in [-0.39, 0.29) is 6.04 Å². The molecule has 0 heterocycles. The maximum absolute atomic E-state index is 10.4. The lowest BCUT2D eigenvalue weighted by Gasteiger charge is -2.31. The zero-order chi connectivity index (χ0) is 13.0. The van der Waals surface area contributed by atoms with Gasteiger partial charge in [0.15, 0.2) is 0 Å². The molecule has 1 aromatic rings. The van der Waals surface area contributed by atoms with Crippen molar-refractivity contribution in [1.29, 1.82) is 0 Å². The van der Waals surface area contributed by atoms with Crippen LogP contribution in [-0.4, -0.2) is 29.6 Å². The molecule has 2 atom stereocenters. The number of rotatable bonds is 5. The maximum Gasteiger partial charge on any atom is 0.0942 e. The lowest BCUT2D eigenvalue weighted by atomic mass is 10.0. The minimum absolute atomic E-state index is 0.174. The van der Waals surface area contributed by atoms with Gasteiger partial charge < -0.3 is 10.0 Å². The number of aliphatic hydroxyl groups is 1. The molecule has 1 aromatic carbocycles. The van der Waals surface area contributed by atoms with Gasteiger partial charge >= 0.3 is 0 Å². The van der Waals surface area contributed by atoms with Gasteiger partial charge in [-0.1, -0.05) is 43.2 Å². The van der Waals surface area contributed by atoms with Crippen LogP contribution in [0, 0.1) is 5.92 Å². The van der Waals surface area contributed by atoms with Gasteiger partial charge in [0, 0.05) is 12.6 Å². The van der Waals surface area contributed by atoms with Crippen molar-refractivity contribution in [3.8, 4) is 0 Å². The molecule has 0 radical (unpaired) electrons. The van der Waals surface area contributed by atoms with Gasteiger partial charge in [-0.2, -0.15) is 0 Å². The van der Waals surface area contributed by atoms with Crippen molar-refractivity contribution in [3.63, 3.8) is 0 Å². The van der Waals surface area contributed by atoms with E-state index in [0.29, 0.717) is 0 Å². The predicted molar refractivity (Wildman–Crippen MR) is 75.5 cm³/mol. The number of benzene rings is 1. The quantitative estimate of drug-likeness (QED) is 0.863. The molecule has 2 rings (SSSR count). The molecule has 0 aliphatic heterocycles. The van der Waals surface area contributed by atoms with Gasteiger partial charge in [-0.25, -0.2) is 0 Å². The molecule has 1 saturated carbocycles. The fraction of sp³-hybridized carbons (Fsp3) is 0.625. The first-order valence-electron chi connectivity index (χ1n) is 7.11. The van der Waals surface area contributed by atoms with Gasteiger partial charge in [-0.3, -0.25) is 0 Å². The van der Waals surface area contributed by atoms with Crippen molar-refractivity contribution >= 4 is 0 Å². The second-order valence-electron chi connectivity index (χ2n) is 5.69. The smallest absolute Gasteiger partial charge is 0.0942 e. The van der Waals surface area contributed by atoms with Gasteiger partial charge in [0.05, 0.1) is 6.10 Å². The first-order chi connectivity index (χ1) is 8.68. The third-order valence-electron chi connectivity index (χ3n) is 4.31. The second kappa shape index (κ2) is 6.35. The van der Waals surface area contributed by atoms with E-state index in [9.17, 15) is 5.11 Å². The van der Waals surface area contributed by atoms with E-state index in [4.69, 9.17) is 0 Å². The molecule has 1 fully saturated rings. The summed E-state index contributed by atoms with van der Waals surface area (Å²) in [7, 11) is 2.13. The van der Waals surface area contributed by atoms with Crippen LogP contribution in [-0.2, 0) is 0 Å². The Kier molecular flexibility index (Phi) is 4.79. The normalized spacial score (nSPS) is 20.2. The molecular weight excluding hydrogens is 222 g/mol. The zero-order valence-corrected chi connectivity index (χ0v) is 11.5. The average molecular weight is 247 g/mol. The Morgan fingerprint density at radius 3 is 2.44 bits per heavy atom. The molecule has 1 N–H and O–H groups in total. The Bertz CT molecular complexity index is 345. The molecule has 2 unspecified atom stereocenters. The summed E-state index contributed by atoms with van der Waals surface area (Å²) in [6.07, 6.45) is 5.09. The van der Waals surface area contributed by atoms with Crippen LogP contribution >= 0.6 is 0 Å². The molecule has 18 heavy (non-hydrogen) atoms. The minimum Gasteiger partial charge on any atom is -0.387 e. The molecule has 2 heteroatoms. The van der Waals surface area contributed by atoms with Gasteiger partial charge in [0.25, 0.3) is 0 Å². The number of aliphatic hydroxyl groups excluding tert-OH is 1. The Labute approximate surface area is 111 Å². The van der Waals surface area contributed by atoms with E-state index >= 15 is 0 Å². The number of nitrogens with zero attached hydrogens (tertiary/aromatic N) is 1. The summed E-state index contributed by atoms with van der Waals surface area (Å²) < 4.78 is 0. The molecule has 100 valence electrons. The van der Waals surface area contributed by atoms with Crippen LogP contribution in [0.25, 0.3) is 0 Å². The van der Waals surface area contributed by atoms with Crippen molar-refractivity contribution in [2.24, 2.45) is 5.92 Å². The molecule has 1 aliphatic carbocycles. The summed E-state index contributed by atoms with van der Waals surface area (Å²) in [6.45, 7) is 3.23. The highest BCUT2D eigenvalue weighted by Crippen LogP contribution is 2.27. The Morgan fingerprint density at radius 2 is 1.83 bits per heavy atom. The minimum atomic E-state index is -0.391. The van der Waals surface area contributed by atoms with Crippen molar-refractivity contribution in [3.05, 3.63) is 35.9 Å². The van der Waals surface area contributed by atoms with Crippen LogP contribution in [0.1, 0.15) is 44.3 Å². The molecule has 0 spiro atoms. The van der Waals surface area contributed by atoms with Crippen molar-refractivity contribution in [2.75, 3.05) is 13.6 Å². The maximum atomic E-state index is 10.4. The zero-order valence-electron chi connectivity index (χ0n) is 11.5. The highest BCUT2D eigenvalue weighted by molar-refractivity contribution is 5.18. The summed E-state index contributed by atoms with van der Waals surface area (Å²) in [5.74, 6) is 0.834. The molecule has 2 nitrogen and oxygen atoms in total. The summed E-state index contributed by atoms with van der Waals surface area (Å²) >= 11 is 0. The van der Waals surface area contributed by atoms with Crippen LogP contribution in [0.15, 0.2) is 30.3 Å². The Hall–Kier alpha value is -0.860. The summed E-state index contributed by atoms with van der Waals surface area (Å²) in [5, 5.41) is 10.4. The number of hydrogen-bond acceptors (Lipinski definition) is 2. The fourth-order valence-corrected chi connectivity index (χ4v) is 2.94. The van der Waals surface area contributed by atoms with E-state index in [0.717, 1.165) is 18.0 Å². The molecule has 0 aromatic heterocycles. The molecule has 0 bridgehead atoms. The standard InChI is InChI=1S/C16H25NO/c1-13(16(18)15-10-4-3-5-11-15)17(2)12-14-8-6-7-9-14/h3-5,10-11,13-14,16,18H,6-9,12H2,1-2H3. The van der Waals surface area contributed by atoms with Gasteiger partial charge in [-0.15, -0.1) is 0 Å². The summed E-state index contributed by atoms with van der Waals surface area (Å²) in [4.78, 5) is 2.31. The van der Waals surface area contributed by atoms with Crippen molar-refractivity contribution in [1.82, 2.24) is 4.90 Å². The predicted octanol–water partition coefficient (Wildman–Crippen LogP) is 3.23. The average Bonchev–Trinajstić information content (AvgIpc) is 2.91. The molecule has 0 amide bonds. The summed E-state index contributed by atoms with van der Waals surface area (Å²) in [5.41, 5.74) is 1.02. The van der Waals surface area contributed by atoms with Gasteiger partial charge in [0.2, 0.25) is 0 Å². The third kappa shape index (κ3) is 3.33.